The highest BCUT2D eigenvalue weighted by Crippen LogP contribution is 2.13. The highest BCUT2D eigenvalue weighted by Gasteiger charge is 2.17. The predicted octanol–water partition coefficient (Wildman–Crippen LogP) is 1.79. The maximum absolute atomic E-state index is 12.3. The Labute approximate surface area is 118 Å². The molecule has 0 radical (unpaired) electrons. The minimum atomic E-state index is -0.0791. The number of aliphatic hydroxyl groups excluding tert-OH is 1. The van der Waals surface area contributed by atoms with Gasteiger partial charge in [-0.1, -0.05) is 13.0 Å². The van der Waals surface area contributed by atoms with E-state index in [1.54, 1.807) is 0 Å². The molecule has 1 amide bonds. The quantitative estimate of drug-likeness (QED) is 0.757. The van der Waals surface area contributed by atoms with Crippen molar-refractivity contribution in [1.82, 2.24) is 14.7 Å². The lowest BCUT2D eigenvalue weighted by Crippen LogP contribution is -2.26. The Morgan fingerprint density at radius 2 is 2.20 bits per heavy atom. The molecule has 2 aromatic heterocycles. The summed E-state index contributed by atoms with van der Waals surface area (Å²) in [7, 11) is 0. The molecular weight excluding hydrogens is 254 g/mol. The van der Waals surface area contributed by atoms with E-state index in [2.05, 4.69) is 10.3 Å². The van der Waals surface area contributed by atoms with Crippen molar-refractivity contribution in [2.75, 3.05) is 13.2 Å². The normalized spacial score (nSPS) is 10.9. The first-order valence-corrected chi connectivity index (χ1v) is 7.13. The van der Waals surface area contributed by atoms with Crippen LogP contribution in [0.4, 0.5) is 0 Å². The fraction of sp³-hybridized carbons (Fsp3) is 0.467. The van der Waals surface area contributed by atoms with E-state index in [9.17, 15) is 4.79 Å². The lowest BCUT2D eigenvalue weighted by molar-refractivity contribution is 0.0946. The van der Waals surface area contributed by atoms with E-state index in [0.29, 0.717) is 12.2 Å². The molecular formula is C15H21N3O2. The molecule has 2 N–H and O–H groups in total. The Kier molecular flexibility index (Phi) is 5.12. The standard InChI is InChI=1S/C15H21N3O2/c1-2-12-14(15(20)16-9-5-3-7-11-19)18-10-6-4-8-13(18)17-12/h4,6,8,10,19H,2-3,5,7,9,11H2,1H3,(H,16,20). The van der Waals surface area contributed by atoms with Crippen molar-refractivity contribution < 1.29 is 9.90 Å². The predicted molar refractivity (Wildman–Crippen MR) is 77.8 cm³/mol. The molecule has 20 heavy (non-hydrogen) atoms. The zero-order chi connectivity index (χ0) is 14.4. The second-order valence-corrected chi connectivity index (χ2v) is 4.73. The molecule has 0 saturated heterocycles. The molecule has 108 valence electrons. The van der Waals surface area contributed by atoms with Crippen LogP contribution >= 0.6 is 0 Å². The van der Waals surface area contributed by atoms with E-state index >= 15 is 0 Å². The zero-order valence-electron chi connectivity index (χ0n) is 11.8. The van der Waals surface area contributed by atoms with Gasteiger partial charge in [0.2, 0.25) is 0 Å². The fourth-order valence-electron chi connectivity index (χ4n) is 2.23. The maximum Gasteiger partial charge on any atom is 0.270 e. The van der Waals surface area contributed by atoms with Crippen molar-refractivity contribution in [1.29, 1.82) is 0 Å². The summed E-state index contributed by atoms with van der Waals surface area (Å²) in [6.07, 6.45) is 5.18. The summed E-state index contributed by atoms with van der Waals surface area (Å²) in [4.78, 5) is 16.8. The van der Waals surface area contributed by atoms with E-state index in [1.807, 2.05) is 35.7 Å². The number of aryl methyl sites for hydroxylation is 1. The van der Waals surface area contributed by atoms with Gasteiger partial charge in [0.05, 0.1) is 5.69 Å². The van der Waals surface area contributed by atoms with Gasteiger partial charge in [-0.05, 0) is 37.8 Å². The number of rotatable bonds is 7. The smallest absolute Gasteiger partial charge is 0.270 e. The molecule has 2 heterocycles. The molecule has 0 spiro atoms. The molecule has 5 nitrogen and oxygen atoms in total. The first-order chi connectivity index (χ1) is 9.77. The third kappa shape index (κ3) is 3.17. The van der Waals surface area contributed by atoms with Crippen LogP contribution in [0.15, 0.2) is 24.4 Å². The molecule has 0 unspecified atom stereocenters. The lowest BCUT2D eigenvalue weighted by Gasteiger charge is -2.06. The van der Waals surface area contributed by atoms with E-state index in [-0.39, 0.29) is 12.5 Å². The molecule has 0 aliphatic heterocycles. The Bertz CT molecular complexity index is 578. The van der Waals surface area contributed by atoms with Gasteiger partial charge in [-0.3, -0.25) is 9.20 Å². The first kappa shape index (κ1) is 14.5. The summed E-state index contributed by atoms with van der Waals surface area (Å²) in [6.45, 7) is 2.84. The highest BCUT2D eigenvalue weighted by atomic mass is 16.2. The Balaban J connectivity index is 2.09. The van der Waals surface area contributed by atoms with Crippen LogP contribution in [0.3, 0.4) is 0 Å². The monoisotopic (exact) mass is 275 g/mol. The van der Waals surface area contributed by atoms with Crippen LogP contribution < -0.4 is 5.32 Å². The fourth-order valence-corrected chi connectivity index (χ4v) is 2.23. The van der Waals surface area contributed by atoms with Crippen molar-refractivity contribution in [3.05, 3.63) is 35.8 Å². The third-order valence-corrected chi connectivity index (χ3v) is 3.27. The number of amides is 1. The molecule has 0 atom stereocenters. The number of nitrogens with zero attached hydrogens (tertiary/aromatic N) is 2. The van der Waals surface area contributed by atoms with Gasteiger partial charge in [-0.25, -0.2) is 4.98 Å². The largest absolute Gasteiger partial charge is 0.396 e. The summed E-state index contributed by atoms with van der Waals surface area (Å²) in [5, 5.41) is 11.6. The van der Waals surface area contributed by atoms with Crippen molar-refractivity contribution in [2.45, 2.75) is 32.6 Å². The van der Waals surface area contributed by atoms with Gasteiger partial charge in [0.25, 0.3) is 5.91 Å². The Morgan fingerprint density at radius 3 is 2.95 bits per heavy atom. The SMILES string of the molecule is CCc1nc2ccccn2c1C(=O)NCCCCCO. The van der Waals surface area contributed by atoms with Crippen molar-refractivity contribution >= 4 is 11.6 Å². The molecule has 2 aromatic rings. The molecule has 0 aromatic carbocycles. The summed E-state index contributed by atoms with van der Waals surface area (Å²) < 4.78 is 1.84. The number of carbonyl (C=O) groups excluding carboxylic acids is 1. The van der Waals surface area contributed by atoms with Crippen LogP contribution in [0.5, 0.6) is 0 Å². The summed E-state index contributed by atoms with van der Waals surface area (Å²) in [5.74, 6) is -0.0791. The van der Waals surface area contributed by atoms with Gasteiger partial charge < -0.3 is 10.4 Å². The van der Waals surface area contributed by atoms with Crippen LogP contribution in [0.25, 0.3) is 5.65 Å². The minimum Gasteiger partial charge on any atom is -0.396 e. The zero-order valence-corrected chi connectivity index (χ0v) is 11.8. The molecule has 0 aliphatic carbocycles. The summed E-state index contributed by atoms with van der Waals surface area (Å²) in [6, 6.07) is 5.71. The van der Waals surface area contributed by atoms with Crippen molar-refractivity contribution in [3.63, 3.8) is 0 Å². The molecule has 0 saturated carbocycles. The van der Waals surface area contributed by atoms with E-state index in [0.717, 1.165) is 37.0 Å². The first-order valence-electron chi connectivity index (χ1n) is 7.13. The van der Waals surface area contributed by atoms with E-state index in [4.69, 9.17) is 5.11 Å². The molecule has 0 fully saturated rings. The average molecular weight is 275 g/mol. The van der Waals surface area contributed by atoms with Crippen LogP contribution in [0.2, 0.25) is 0 Å². The number of hydrogen-bond acceptors (Lipinski definition) is 3. The number of nitrogens with one attached hydrogen (secondary N) is 1. The number of fused-ring (bicyclic) bond motifs is 1. The lowest BCUT2D eigenvalue weighted by atomic mass is 10.2. The van der Waals surface area contributed by atoms with Crippen molar-refractivity contribution in [3.8, 4) is 0 Å². The Hall–Kier alpha value is -1.88. The summed E-state index contributed by atoms with van der Waals surface area (Å²) in [5.41, 5.74) is 2.25. The maximum atomic E-state index is 12.3. The minimum absolute atomic E-state index is 0.0791. The molecule has 0 bridgehead atoms. The van der Waals surface area contributed by atoms with Gasteiger partial charge in [-0.15, -0.1) is 0 Å². The second kappa shape index (κ2) is 7.05. The van der Waals surface area contributed by atoms with Gasteiger partial charge in [0.1, 0.15) is 11.3 Å². The van der Waals surface area contributed by atoms with Gasteiger partial charge >= 0.3 is 0 Å². The van der Waals surface area contributed by atoms with Crippen LogP contribution in [-0.4, -0.2) is 33.6 Å². The average Bonchev–Trinajstić information content (AvgIpc) is 2.85. The number of aliphatic hydroxyl groups is 1. The number of aromatic nitrogens is 2. The van der Waals surface area contributed by atoms with Gasteiger partial charge in [-0.2, -0.15) is 0 Å². The topological polar surface area (TPSA) is 66.6 Å². The Morgan fingerprint density at radius 1 is 1.35 bits per heavy atom. The molecule has 5 heteroatoms. The van der Waals surface area contributed by atoms with E-state index in [1.165, 1.54) is 0 Å². The number of carbonyl (C=O) groups is 1. The molecule has 0 aliphatic rings. The highest BCUT2D eigenvalue weighted by molar-refractivity contribution is 5.94. The number of imidazole rings is 1. The van der Waals surface area contributed by atoms with Crippen molar-refractivity contribution in [2.24, 2.45) is 0 Å². The number of unbranched alkanes of at least 4 members (excludes halogenated alkanes) is 2. The number of hydrogen-bond donors (Lipinski definition) is 2. The van der Waals surface area contributed by atoms with Crippen LogP contribution in [0, 0.1) is 0 Å². The molecule has 2 rings (SSSR count). The summed E-state index contributed by atoms with van der Waals surface area (Å²) >= 11 is 0. The van der Waals surface area contributed by atoms with E-state index < -0.39 is 0 Å². The second-order valence-electron chi connectivity index (χ2n) is 4.73. The van der Waals surface area contributed by atoms with Gasteiger partial charge in [0.15, 0.2) is 0 Å². The van der Waals surface area contributed by atoms with Crippen LogP contribution in [-0.2, 0) is 6.42 Å². The van der Waals surface area contributed by atoms with Crippen LogP contribution in [0.1, 0.15) is 42.4 Å². The van der Waals surface area contributed by atoms with Gasteiger partial charge in [0, 0.05) is 19.3 Å². The number of pyridine rings is 1. The third-order valence-electron chi connectivity index (χ3n) is 3.27.